The number of epoxide rings is 1. The minimum absolute atomic E-state index is 0.0509. The lowest BCUT2D eigenvalue weighted by atomic mass is 10.3. The van der Waals surface area contributed by atoms with Gasteiger partial charge in [0.2, 0.25) is 0 Å². The number of fused-ring (bicyclic) bond motifs is 1. The first kappa shape index (κ1) is 4.73. The molecule has 3 unspecified atom stereocenters. The Morgan fingerprint density at radius 3 is 2.75 bits per heavy atom. The van der Waals surface area contributed by atoms with Crippen molar-refractivity contribution in [2.45, 2.75) is 25.6 Å². The van der Waals surface area contributed by atoms with E-state index >= 15 is 0 Å². The summed E-state index contributed by atoms with van der Waals surface area (Å²) in [5, 5.41) is 0. The van der Waals surface area contributed by atoms with Gasteiger partial charge in [0.05, 0.1) is 0 Å². The molecule has 2 saturated heterocycles. The third kappa shape index (κ3) is 0.491. The molecule has 2 aliphatic heterocycles. The van der Waals surface area contributed by atoms with Gasteiger partial charge < -0.3 is 14.2 Å². The van der Waals surface area contributed by atoms with Crippen LogP contribution in [0.25, 0.3) is 0 Å². The zero-order chi connectivity index (χ0) is 5.56. The second-order valence-electron chi connectivity index (χ2n) is 1.93. The highest BCUT2D eigenvalue weighted by molar-refractivity contribution is 4.90. The molecule has 0 aromatic carbocycles. The number of ether oxygens (including phenoxy) is 3. The second kappa shape index (κ2) is 1.43. The molecule has 0 radical (unpaired) electrons. The average Bonchev–Trinajstić information content (AvgIpc) is 2.36. The van der Waals surface area contributed by atoms with Crippen LogP contribution in [0.1, 0.15) is 6.92 Å². The van der Waals surface area contributed by atoms with Crippen LogP contribution in [0, 0.1) is 0 Å². The van der Waals surface area contributed by atoms with E-state index in [-0.39, 0.29) is 18.7 Å². The predicted octanol–water partition coefficient (Wildman–Crippen LogP) is 0.104. The summed E-state index contributed by atoms with van der Waals surface area (Å²) >= 11 is 0. The molecule has 2 heterocycles. The Morgan fingerprint density at radius 2 is 2.38 bits per heavy atom. The Balaban J connectivity index is 1.76. The Labute approximate surface area is 47.5 Å². The minimum Gasteiger partial charge on any atom is -0.350 e. The summed E-state index contributed by atoms with van der Waals surface area (Å²) in [6, 6.07) is 0. The largest absolute Gasteiger partial charge is 0.350 e. The molecule has 3 heteroatoms. The molecule has 2 aliphatic rings. The quantitative estimate of drug-likeness (QED) is 0.479. The third-order valence-corrected chi connectivity index (χ3v) is 1.35. The zero-order valence-corrected chi connectivity index (χ0v) is 4.66. The minimum atomic E-state index is -0.0509. The van der Waals surface area contributed by atoms with E-state index < -0.39 is 0 Å². The SMILES string of the molecule is CCOC1OC2OC12. The number of hydrogen-bond donors (Lipinski definition) is 0. The Kier molecular flexibility index (Phi) is 0.848. The van der Waals surface area contributed by atoms with Gasteiger partial charge in [0, 0.05) is 6.61 Å². The van der Waals surface area contributed by atoms with E-state index in [1.807, 2.05) is 6.92 Å². The number of rotatable bonds is 2. The van der Waals surface area contributed by atoms with Crippen LogP contribution in [-0.4, -0.2) is 25.3 Å². The van der Waals surface area contributed by atoms with Crippen molar-refractivity contribution in [2.75, 3.05) is 6.61 Å². The molecule has 2 rings (SSSR count). The van der Waals surface area contributed by atoms with Crippen molar-refractivity contribution in [3.8, 4) is 0 Å². The van der Waals surface area contributed by atoms with Crippen LogP contribution in [0.3, 0.4) is 0 Å². The molecule has 3 nitrogen and oxygen atoms in total. The highest BCUT2D eigenvalue weighted by Gasteiger charge is 2.59. The molecule has 0 aliphatic carbocycles. The van der Waals surface area contributed by atoms with Gasteiger partial charge in [-0.05, 0) is 6.92 Å². The van der Waals surface area contributed by atoms with Crippen molar-refractivity contribution in [1.29, 1.82) is 0 Å². The lowest BCUT2D eigenvalue weighted by Crippen LogP contribution is -2.35. The Hall–Kier alpha value is -0.120. The average molecular weight is 116 g/mol. The highest BCUT2D eigenvalue weighted by atomic mass is 16.9. The van der Waals surface area contributed by atoms with Gasteiger partial charge in [0.15, 0.2) is 18.7 Å². The summed E-state index contributed by atoms with van der Waals surface area (Å²) in [6.45, 7) is 2.65. The molecule has 8 heavy (non-hydrogen) atoms. The lowest BCUT2D eigenvalue weighted by Gasteiger charge is -2.19. The summed E-state index contributed by atoms with van der Waals surface area (Å²) in [5.74, 6) is 0. The fourth-order valence-electron chi connectivity index (χ4n) is 0.830. The van der Waals surface area contributed by atoms with Crippen molar-refractivity contribution in [3.05, 3.63) is 0 Å². The first-order chi connectivity index (χ1) is 3.92. The monoisotopic (exact) mass is 116 g/mol. The van der Waals surface area contributed by atoms with E-state index in [9.17, 15) is 0 Å². The maximum atomic E-state index is 5.08. The summed E-state index contributed by atoms with van der Waals surface area (Å²) in [6.07, 6.45) is 0.312. The molecule has 3 atom stereocenters. The molecule has 0 bridgehead atoms. The summed E-state index contributed by atoms with van der Waals surface area (Å²) in [7, 11) is 0. The van der Waals surface area contributed by atoms with E-state index in [2.05, 4.69) is 0 Å². The summed E-state index contributed by atoms with van der Waals surface area (Å²) < 4.78 is 15.0. The first-order valence-electron chi connectivity index (χ1n) is 2.84. The molecule has 0 saturated carbocycles. The van der Waals surface area contributed by atoms with Crippen molar-refractivity contribution < 1.29 is 14.2 Å². The molecule has 0 aromatic heterocycles. The van der Waals surface area contributed by atoms with Gasteiger partial charge in [0.25, 0.3) is 0 Å². The third-order valence-electron chi connectivity index (χ3n) is 1.35. The van der Waals surface area contributed by atoms with Crippen LogP contribution in [0.5, 0.6) is 0 Å². The van der Waals surface area contributed by atoms with Gasteiger partial charge in [-0.2, -0.15) is 0 Å². The van der Waals surface area contributed by atoms with Gasteiger partial charge in [-0.25, -0.2) is 0 Å². The van der Waals surface area contributed by atoms with Crippen molar-refractivity contribution in [2.24, 2.45) is 0 Å². The van der Waals surface area contributed by atoms with Gasteiger partial charge in [-0.15, -0.1) is 0 Å². The maximum Gasteiger partial charge on any atom is 0.192 e. The van der Waals surface area contributed by atoms with Gasteiger partial charge in [0.1, 0.15) is 0 Å². The molecule has 46 valence electrons. The van der Waals surface area contributed by atoms with Crippen LogP contribution in [0.2, 0.25) is 0 Å². The van der Waals surface area contributed by atoms with Crippen LogP contribution in [0.15, 0.2) is 0 Å². The summed E-state index contributed by atoms with van der Waals surface area (Å²) in [5.41, 5.74) is 0. The standard InChI is InChI=1S/C5H8O3/c1-2-6-4-3-5(7-3)8-4/h3-5H,2H2,1H3. The highest BCUT2D eigenvalue weighted by Crippen LogP contribution is 2.40. The number of hydrogen-bond acceptors (Lipinski definition) is 3. The van der Waals surface area contributed by atoms with Crippen LogP contribution >= 0.6 is 0 Å². The maximum absolute atomic E-state index is 5.08. The Bertz CT molecular complexity index is 104. The fourth-order valence-corrected chi connectivity index (χ4v) is 0.830. The van der Waals surface area contributed by atoms with Gasteiger partial charge >= 0.3 is 0 Å². The topological polar surface area (TPSA) is 31.0 Å². The second-order valence-corrected chi connectivity index (χ2v) is 1.93. The van der Waals surface area contributed by atoms with Crippen LogP contribution < -0.4 is 0 Å². The molecule has 0 amide bonds. The van der Waals surface area contributed by atoms with E-state index in [4.69, 9.17) is 14.2 Å². The molecular weight excluding hydrogens is 108 g/mol. The van der Waals surface area contributed by atoms with Crippen molar-refractivity contribution >= 4 is 0 Å². The van der Waals surface area contributed by atoms with Crippen LogP contribution in [-0.2, 0) is 14.2 Å². The zero-order valence-electron chi connectivity index (χ0n) is 4.66. The molecule has 2 fully saturated rings. The van der Waals surface area contributed by atoms with Gasteiger partial charge in [-0.3, -0.25) is 0 Å². The molecule has 0 aromatic rings. The van der Waals surface area contributed by atoms with E-state index in [1.165, 1.54) is 0 Å². The normalized spacial score (nSPS) is 49.9. The smallest absolute Gasteiger partial charge is 0.192 e. The molecular formula is C5H8O3. The molecule has 0 spiro atoms. The lowest BCUT2D eigenvalue weighted by molar-refractivity contribution is -0.199. The van der Waals surface area contributed by atoms with Crippen LogP contribution in [0.4, 0.5) is 0 Å². The first-order valence-corrected chi connectivity index (χ1v) is 2.84. The summed E-state index contributed by atoms with van der Waals surface area (Å²) in [4.78, 5) is 0. The van der Waals surface area contributed by atoms with Crippen molar-refractivity contribution in [1.82, 2.24) is 0 Å². The Morgan fingerprint density at radius 1 is 1.50 bits per heavy atom. The fraction of sp³-hybridized carbons (Fsp3) is 1.00. The van der Waals surface area contributed by atoms with E-state index in [0.29, 0.717) is 6.61 Å². The van der Waals surface area contributed by atoms with E-state index in [0.717, 1.165) is 0 Å². The predicted molar refractivity (Wildman–Crippen MR) is 25.2 cm³/mol. The van der Waals surface area contributed by atoms with Crippen molar-refractivity contribution in [3.63, 3.8) is 0 Å². The van der Waals surface area contributed by atoms with E-state index in [1.54, 1.807) is 0 Å². The molecule has 0 N–H and O–H groups in total. The van der Waals surface area contributed by atoms with Gasteiger partial charge in [-0.1, -0.05) is 0 Å².